The fraction of sp³-hybridized carbons (Fsp3) is 0.385. The van der Waals surface area contributed by atoms with Gasteiger partial charge in [0.15, 0.2) is 11.6 Å². The van der Waals surface area contributed by atoms with Gasteiger partial charge in [0, 0.05) is 6.54 Å². The minimum atomic E-state index is -0.781. The number of carbonyl (C=O) groups is 1. The van der Waals surface area contributed by atoms with Crippen LogP contribution < -0.4 is 5.32 Å². The van der Waals surface area contributed by atoms with Gasteiger partial charge in [-0.3, -0.25) is 9.69 Å². The van der Waals surface area contributed by atoms with E-state index in [0.29, 0.717) is 13.0 Å². The highest BCUT2D eigenvalue weighted by Crippen LogP contribution is 2.28. The molecule has 6 heteroatoms. The van der Waals surface area contributed by atoms with Crippen molar-refractivity contribution in [2.24, 2.45) is 5.92 Å². The quantitative estimate of drug-likeness (QED) is 0.789. The van der Waals surface area contributed by atoms with Gasteiger partial charge in [0.1, 0.15) is 0 Å². The molecule has 1 aromatic carbocycles. The van der Waals surface area contributed by atoms with E-state index in [1.807, 2.05) is 0 Å². The summed E-state index contributed by atoms with van der Waals surface area (Å²) < 4.78 is 13.1. The molecular formula is C13H14FN3O2. The number of hydrogen-bond acceptors (Lipinski definition) is 4. The highest BCUT2D eigenvalue weighted by atomic mass is 19.1. The third kappa shape index (κ3) is 2.66. The predicted octanol–water partition coefficient (Wildman–Crippen LogP) is 1.31. The lowest BCUT2D eigenvalue weighted by molar-refractivity contribution is -0.119. The zero-order chi connectivity index (χ0) is 14.0. The summed E-state index contributed by atoms with van der Waals surface area (Å²) in [6.07, 6.45) is 0.439. The molecule has 5 nitrogen and oxygen atoms in total. The van der Waals surface area contributed by atoms with E-state index in [1.54, 1.807) is 11.9 Å². The number of nitrogens with zero attached hydrogens (tertiary/aromatic N) is 2. The normalized spacial score (nSPS) is 23.0. The van der Waals surface area contributed by atoms with Gasteiger partial charge in [-0.2, -0.15) is 5.26 Å². The van der Waals surface area contributed by atoms with E-state index in [9.17, 15) is 14.3 Å². The van der Waals surface area contributed by atoms with Crippen molar-refractivity contribution in [2.45, 2.75) is 12.5 Å². The Morgan fingerprint density at radius 2 is 2.37 bits per heavy atom. The van der Waals surface area contributed by atoms with E-state index in [2.05, 4.69) is 11.4 Å². The number of amides is 1. The number of aromatic hydroxyl groups is 1. The Balaban J connectivity index is 2.07. The predicted molar refractivity (Wildman–Crippen MR) is 66.8 cm³/mol. The number of rotatable bonds is 2. The first-order valence-corrected chi connectivity index (χ1v) is 5.91. The van der Waals surface area contributed by atoms with Crippen LogP contribution in [0.15, 0.2) is 18.2 Å². The Morgan fingerprint density at radius 3 is 3.00 bits per heavy atom. The van der Waals surface area contributed by atoms with Crippen LogP contribution in [0.5, 0.6) is 5.75 Å². The molecule has 1 aromatic rings. The van der Waals surface area contributed by atoms with Gasteiger partial charge in [0.2, 0.25) is 5.91 Å². The maximum atomic E-state index is 13.1. The molecule has 2 atom stereocenters. The lowest BCUT2D eigenvalue weighted by Gasteiger charge is -2.12. The number of phenolic OH excluding ortho intramolecular Hbond substituents is 1. The van der Waals surface area contributed by atoms with Gasteiger partial charge in [0.25, 0.3) is 0 Å². The molecule has 0 bridgehead atoms. The number of anilines is 1. The van der Waals surface area contributed by atoms with Crippen molar-refractivity contribution < 1.29 is 14.3 Å². The van der Waals surface area contributed by atoms with Crippen molar-refractivity contribution in [1.82, 2.24) is 4.90 Å². The van der Waals surface area contributed by atoms with Gasteiger partial charge in [-0.05, 0) is 25.6 Å². The van der Waals surface area contributed by atoms with Gasteiger partial charge in [0.05, 0.1) is 23.7 Å². The average Bonchev–Trinajstić information content (AvgIpc) is 2.76. The molecule has 2 rings (SSSR count). The van der Waals surface area contributed by atoms with Crippen LogP contribution in [0.1, 0.15) is 6.42 Å². The molecule has 1 saturated heterocycles. The Bertz CT molecular complexity index is 541. The monoisotopic (exact) mass is 263 g/mol. The van der Waals surface area contributed by atoms with Crippen LogP contribution in [0.25, 0.3) is 0 Å². The van der Waals surface area contributed by atoms with E-state index in [1.165, 1.54) is 12.1 Å². The molecule has 2 N–H and O–H groups in total. The molecule has 1 aliphatic rings. The Labute approximate surface area is 110 Å². The maximum absolute atomic E-state index is 13.1. The average molecular weight is 263 g/mol. The first-order valence-electron chi connectivity index (χ1n) is 5.91. The van der Waals surface area contributed by atoms with E-state index >= 15 is 0 Å². The molecule has 19 heavy (non-hydrogen) atoms. The van der Waals surface area contributed by atoms with Crippen LogP contribution in [0.4, 0.5) is 10.1 Å². The number of hydrogen-bond donors (Lipinski definition) is 2. The lowest BCUT2D eigenvalue weighted by Crippen LogP contribution is -2.26. The van der Waals surface area contributed by atoms with Gasteiger partial charge >= 0.3 is 0 Å². The number of benzene rings is 1. The number of likely N-dealkylation sites (tertiary alicyclic amines) is 1. The number of phenols is 1. The smallest absolute Gasteiger partial charge is 0.228 e. The third-order valence-corrected chi connectivity index (χ3v) is 3.31. The summed E-state index contributed by atoms with van der Waals surface area (Å²) >= 11 is 0. The second kappa shape index (κ2) is 5.24. The Kier molecular flexibility index (Phi) is 3.67. The van der Waals surface area contributed by atoms with Crippen LogP contribution >= 0.6 is 0 Å². The fourth-order valence-corrected chi connectivity index (χ4v) is 2.19. The van der Waals surface area contributed by atoms with Crippen LogP contribution in [-0.4, -0.2) is 35.5 Å². The molecule has 1 heterocycles. The summed E-state index contributed by atoms with van der Waals surface area (Å²) in [5.74, 6) is -2.00. The highest BCUT2D eigenvalue weighted by Gasteiger charge is 2.34. The summed E-state index contributed by atoms with van der Waals surface area (Å²) in [6, 6.07) is 5.78. The topological polar surface area (TPSA) is 76.4 Å². The summed E-state index contributed by atoms with van der Waals surface area (Å²) in [5.41, 5.74) is 0.0491. The minimum Gasteiger partial charge on any atom is -0.503 e. The first-order chi connectivity index (χ1) is 9.02. The number of halogens is 1. The molecule has 0 aliphatic carbocycles. The molecule has 1 aliphatic heterocycles. The van der Waals surface area contributed by atoms with Crippen molar-refractivity contribution >= 4 is 11.6 Å². The zero-order valence-electron chi connectivity index (χ0n) is 10.4. The van der Waals surface area contributed by atoms with E-state index in [4.69, 9.17) is 5.26 Å². The molecule has 100 valence electrons. The van der Waals surface area contributed by atoms with Crippen molar-refractivity contribution in [3.05, 3.63) is 24.0 Å². The second-order valence-electron chi connectivity index (χ2n) is 4.64. The lowest BCUT2D eigenvalue weighted by atomic mass is 10.1. The van der Waals surface area contributed by atoms with E-state index < -0.39 is 11.6 Å². The second-order valence-corrected chi connectivity index (χ2v) is 4.64. The van der Waals surface area contributed by atoms with Crippen LogP contribution in [-0.2, 0) is 4.79 Å². The van der Waals surface area contributed by atoms with Crippen molar-refractivity contribution in [3.8, 4) is 11.8 Å². The van der Waals surface area contributed by atoms with Gasteiger partial charge < -0.3 is 10.4 Å². The zero-order valence-corrected chi connectivity index (χ0v) is 10.4. The molecule has 0 aromatic heterocycles. The molecule has 1 amide bonds. The summed E-state index contributed by atoms with van der Waals surface area (Å²) in [7, 11) is 1.78. The van der Waals surface area contributed by atoms with Gasteiger partial charge in [-0.1, -0.05) is 6.07 Å². The molecule has 2 unspecified atom stereocenters. The third-order valence-electron chi connectivity index (χ3n) is 3.31. The largest absolute Gasteiger partial charge is 0.503 e. The van der Waals surface area contributed by atoms with Gasteiger partial charge in [-0.25, -0.2) is 4.39 Å². The minimum absolute atomic E-state index is 0.0491. The van der Waals surface area contributed by atoms with E-state index in [-0.39, 0.29) is 23.6 Å². The van der Waals surface area contributed by atoms with E-state index in [0.717, 1.165) is 6.07 Å². The summed E-state index contributed by atoms with van der Waals surface area (Å²) in [5, 5.41) is 20.9. The van der Waals surface area contributed by atoms with Crippen molar-refractivity contribution in [2.75, 3.05) is 18.9 Å². The van der Waals surface area contributed by atoms with Crippen LogP contribution in [0.2, 0.25) is 0 Å². The summed E-state index contributed by atoms with van der Waals surface area (Å²) in [6.45, 7) is 0.472. The van der Waals surface area contributed by atoms with Crippen LogP contribution in [0.3, 0.4) is 0 Å². The molecular weight excluding hydrogens is 249 g/mol. The molecule has 0 saturated carbocycles. The first kappa shape index (κ1) is 13.3. The Hall–Kier alpha value is -2.13. The van der Waals surface area contributed by atoms with Crippen molar-refractivity contribution in [1.29, 1.82) is 5.26 Å². The number of carbonyl (C=O) groups excluding carboxylic acids is 1. The highest BCUT2D eigenvalue weighted by molar-refractivity contribution is 5.94. The Morgan fingerprint density at radius 1 is 1.63 bits per heavy atom. The van der Waals surface area contributed by atoms with Gasteiger partial charge in [-0.15, -0.1) is 0 Å². The SMILES string of the molecule is CN1CC(C(=O)Nc2cccc(F)c2O)CC1C#N. The van der Waals surface area contributed by atoms with Crippen molar-refractivity contribution in [3.63, 3.8) is 0 Å². The molecule has 0 radical (unpaired) electrons. The number of nitriles is 1. The number of para-hydroxylation sites is 1. The maximum Gasteiger partial charge on any atom is 0.228 e. The molecule has 0 spiro atoms. The number of nitrogens with one attached hydrogen (secondary N) is 1. The molecule has 1 fully saturated rings. The summed E-state index contributed by atoms with van der Waals surface area (Å²) in [4.78, 5) is 13.8. The van der Waals surface area contributed by atoms with Crippen LogP contribution in [0, 0.1) is 23.1 Å². The fourth-order valence-electron chi connectivity index (χ4n) is 2.19. The standard InChI is InChI=1S/C13H14FN3O2/c1-17-7-8(5-9(17)6-15)13(19)16-11-4-2-3-10(14)12(11)18/h2-4,8-9,18H,5,7H2,1H3,(H,16,19).